The van der Waals surface area contributed by atoms with Gasteiger partial charge in [-0.25, -0.2) is 12.8 Å². The zero-order valence-corrected chi connectivity index (χ0v) is 23.5. The predicted molar refractivity (Wildman–Crippen MR) is 149 cm³/mol. The Kier molecular flexibility index (Phi) is 10.7. The minimum Gasteiger partial charge on any atom is -0.352 e. The predicted octanol–water partition coefficient (Wildman–Crippen LogP) is 4.94. The summed E-state index contributed by atoms with van der Waals surface area (Å²) in [4.78, 5) is 28.5. The molecule has 208 valence electrons. The van der Waals surface area contributed by atoms with Crippen LogP contribution in [0.3, 0.4) is 0 Å². The fourth-order valence-electron chi connectivity index (χ4n) is 5.11. The molecule has 1 unspecified atom stereocenters. The first-order valence-electron chi connectivity index (χ1n) is 13.5. The number of hydrogen-bond acceptors (Lipinski definition) is 4. The number of para-hydroxylation sites is 1. The lowest BCUT2D eigenvalue weighted by Gasteiger charge is -2.33. The quantitative estimate of drug-likeness (QED) is 0.410. The first kappa shape index (κ1) is 29.6. The Morgan fingerprint density at radius 1 is 1.08 bits per heavy atom. The zero-order chi connectivity index (χ0) is 27.7. The van der Waals surface area contributed by atoms with Crippen LogP contribution in [-0.2, 0) is 26.2 Å². The second-order valence-electron chi connectivity index (χ2n) is 10.2. The average Bonchev–Trinajstić information content (AvgIpc) is 2.87. The molecule has 1 aliphatic rings. The summed E-state index contributed by atoms with van der Waals surface area (Å²) in [6.07, 6.45) is 6.95. The van der Waals surface area contributed by atoms with E-state index in [0.717, 1.165) is 47.4 Å². The van der Waals surface area contributed by atoms with Crippen LogP contribution in [0.1, 0.15) is 69.4 Å². The maximum atomic E-state index is 14.4. The molecule has 0 aromatic heterocycles. The van der Waals surface area contributed by atoms with Crippen molar-refractivity contribution in [1.29, 1.82) is 0 Å². The van der Waals surface area contributed by atoms with Gasteiger partial charge in [0.05, 0.1) is 11.9 Å². The van der Waals surface area contributed by atoms with Crippen molar-refractivity contribution in [3.05, 3.63) is 65.5 Å². The van der Waals surface area contributed by atoms with Gasteiger partial charge in [0.2, 0.25) is 21.8 Å². The molecule has 7 nitrogen and oxygen atoms in total. The molecular formula is C29H40FN3O4S. The topological polar surface area (TPSA) is 86.8 Å². The number of hydrogen-bond donors (Lipinski definition) is 1. The molecule has 1 fully saturated rings. The zero-order valence-electron chi connectivity index (χ0n) is 22.7. The van der Waals surface area contributed by atoms with Crippen molar-refractivity contribution in [2.75, 3.05) is 17.1 Å². The lowest BCUT2D eigenvalue weighted by atomic mass is 9.95. The number of carbonyl (C=O) groups is 2. The molecule has 38 heavy (non-hydrogen) atoms. The Balaban J connectivity index is 1.76. The fourth-order valence-corrected chi connectivity index (χ4v) is 6.07. The molecule has 3 rings (SSSR count). The Morgan fingerprint density at radius 3 is 2.42 bits per heavy atom. The minimum atomic E-state index is -3.76. The maximum absolute atomic E-state index is 14.4. The van der Waals surface area contributed by atoms with Crippen LogP contribution in [0.25, 0.3) is 0 Å². The van der Waals surface area contributed by atoms with Crippen LogP contribution in [0.4, 0.5) is 10.1 Å². The SMILES string of the molecule is CCC(C(=O)NC1CCCCC1)N(Cc1cccc(C)c1)C(=O)CCCN(c1ccccc1F)S(C)(=O)=O. The van der Waals surface area contributed by atoms with Gasteiger partial charge in [-0.2, -0.15) is 0 Å². The van der Waals surface area contributed by atoms with E-state index >= 15 is 0 Å². The average molecular weight is 546 g/mol. The first-order valence-corrected chi connectivity index (χ1v) is 15.3. The number of anilines is 1. The lowest BCUT2D eigenvalue weighted by molar-refractivity contribution is -0.141. The Bertz CT molecular complexity index is 1200. The highest BCUT2D eigenvalue weighted by atomic mass is 32.2. The highest BCUT2D eigenvalue weighted by Gasteiger charge is 2.30. The number of halogens is 1. The molecule has 2 aromatic carbocycles. The van der Waals surface area contributed by atoms with Gasteiger partial charge in [-0.3, -0.25) is 13.9 Å². The van der Waals surface area contributed by atoms with E-state index in [4.69, 9.17) is 0 Å². The summed E-state index contributed by atoms with van der Waals surface area (Å²) in [5, 5.41) is 3.16. The van der Waals surface area contributed by atoms with E-state index in [9.17, 15) is 22.4 Å². The molecular weight excluding hydrogens is 505 g/mol. The second kappa shape index (κ2) is 13.7. The number of amides is 2. The summed E-state index contributed by atoms with van der Waals surface area (Å²) in [6, 6.07) is 13.0. The van der Waals surface area contributed by atoms with E-state index in [2.05, 4.69) is 5.32 Å². The Hall–Kier alpha value is -2.94. The van der Waals surface area contributed by atoms with Crippen molar-refractivity contribution in [2.24, 2.45) is 0 Å². The summed E-state index contributed by atoms with van der Waals surface area (Å²) in [6.45, 7) is 4.10. The first-order chi connectivity index (χ1) is 18.1. The van der Waals surface area contributed by atoms with Crippen LogP contribution >= 0.6 is 0 Å². The van der Waals surface area contributed by atoms with Gasteiger partial charge in [0.25, 0.3) is 0 Å². The van der Waals surface area contributed by atoms with E-state index in [0.29, 0.717) is 6.42 Å². The molecule has 0 heterocycles. The van der Waals surface area contributed by atoms with Crippen molar-refractivity contribution < 1.29 is 22.4 Å². The molecule has 0 spiro atoms. The van der Waals surface area contributed by atoms with Crippen molar-refractivity contribution in [1.82, 2.24) is 10.2 Å². The van der Waals surface area contributed by atoms with Gasteiger partial charge < -0.3 is 10.2 Å². The molecule has 0 saturated heterocycles. The van der Waals surface area contributed by atoms with Crippen LogP contribution < -0.4 is 9.62 Å². The number of nitrogens with zero attached hydrogens (tertiary/aromatic N) is 2. The fraction of sp³-hybridized carbons (Fsp3) is 0.517. The van der Waals surface area contributed by atoms with Crippen molar-refractivity contribution in [2.45, 2.75) is 83.8 Å². The number of carbonyl (C=O) groups excluding carboxylic acids is 2. The van der Waals surface area contributed by atoms with Crippen LogP contribution in [0, 0.1) is 12.7 Å². The molecule has 1 atom stereocenters. The van der Waals surface area contributed by atoms with Crippen molar-refractivity contribution >= 4 is 27.5 Å². The van der Waals surface area contributed by atoms with Gasteiger partial charge in [-0.1, -0.05) is 68.1 Å². The third-order valence-corrected chi connectivity index (χ3v) is 8.23. The van der Waals surface area contributed by atoms with Gasteiger partial charge in [0, 0.05) is 25.6 Å². The van der Waals surface area contributed by atoms with Crippen LogP contribution in [0.2, 0.25) is 0 Å². The molecule has 1 aliphatic carbocycles. The van der Waals surface area contributed by atoms with E-state index < -0.39 is 21.9 Å². The summed E-state index contributed by atoms with van der Waals surface area (Å²) in [5.41, 5.74) is 1.94. The number of nitrogens with one attached hydrogen (secondary N) is 1. The summed E-state index contributed by atoms with van der Waals surface area (Å²) in [5.74, 6) is -1.03. The van der Waals surface area contributed by atoms with Crippen LogP contribution in [0.15, 0.2) is 48.5 Å². The minimum absolute atomic E-state index is 0.0273. The molecule has 0 radical (unpaired) electrons. The molecule has 2 amide bonds. The number of aryl methyl sites for hydroxylation is 1. The smallest absolute Gasteiger partial charge is 0.243 e. The number of sulfonamides is 1. The number of rotatable bonds is 12. The Morgan fingerprint density at radius 2 is 1.79 bits per heavy atom. The van der Waals surface area contributed by atoms with Gasteiger partial charge in [-0.15, -0.1) is 0 Å². The monoisotopic (exact) mass is 545 g/mol. The van der Waals surface area contributed by atoms with Crippen molar-refractivity contribution in [3.8, 4) is 0 Å². The van der Waals surface area contributed by atoms with Gasteiger partial charge >= 0.3 is 0 Å². The summed E-state index contributed by atoms with van der Waals surface area (Å²) >= 11 is 0. The molecule has 0 bridgehead atoms. The second-order valence-corrected chi connectivity index (χ2v) is 12.1. The standard InChI is InChI=1S/C29H40FN3O4S/c1-4-26(29(35)31-24-14-6-5-7-15-24)32(21-23-13-10-12-22(2)20-23)28(34)18-11-19-33(38(3,36)37)27-17-9-8-16-25(27)30/h8-10,12-13,16-17,20,24,26H,4-7,11,14-15,18-19,21H2,1-3H3,(H,31,35). The third kappa shape index (κ3) is 8.28. The molecule has 1 saturated carbocycles. The molecule has 9 heteroatoms. The number of benzene rings is 2. The van der Waals surface area contributed by atoms with Gasteiger partial charge in [-0.05, 0) is 50.3 Å². The third-order valence-electron chi connectivity index (χ3n) is 7.05. The van der Waals surface area contributed by atoms with E-state index in [-0.39, 0.29) is 49.5 Å². The Labute approximate surface area is 226 Å². The molecule has 0 aliphatic heterocycles. The van der Waals surface area contributed by atoms with E-state index in [1.54, 1.807) is 11.0 Å². The van der Waals surface area contributed by atoms with Crippen LogP contribution in [-0.4, -0.2) is 50.0 Å². The largest absolute Gasteiger partial charge is 0.352 e. The van der Waals surface area contributed by atoms with Crippen molar-refractivity contribution in [3.63, 3.8) is 0 Å². The van der Waals surface area contributed by atoms with Gasteiger partial charge in [0.15, 0.2) is 0 Å². The molecule has 1 N–H and O–H groups in total. The lowest BCUT2D eigenvalue weighted by Crippen LogP contribution is -2.51. The van der Waals surface area contributed by atoms with Gasteiger partial charge in [0.1, 0.15) is 11.9 Å². The molecule has 2 aromatic rings. The highest BCUT2D eigenvalue weighted by molar-refractivity contribution is 7.92. The van der Waals surface area contributed by atoms with E-state index in [1.165, 1.54) is 24.6 Å². The highest BCUT2D eigenvalue weighted by Crippen LogP contribution is 2.23. The maximum Gasteiger partial charge on any atom is 0.243 e. The normalized spacial score (nSPS) is 15.1. The van der Waals surface area contributed by atoms with Crippen LogP contribution in [0.5, 0.6) is 0 Å². The summed E-state index contributed by atoms with van der Waals surface area (Å²) < 4.78 is 40.2. The summed E-state index contributed by atoms with van der Waals surface area (Å²) in [7, 11) is -3.76. The van der Waals surface area contributed by atoms with E-state index in [1.807, 2.05) is 38.1 Å².